The summed E-state index contributed by atoms with van der Waals surface area (Å²) in [5, 5.41) is 17.0. The molecule has 0 aliphatic carbocycles. The van der Waals surface area contributed by atoms with Gasteiger partial charge in [0.15, 0.2) is 11.5 Å². The number of hydrogen-bond donors (Lipinski definition) is 0. The quantitative estimate of drug-likeness (QED) is 0.841. The number of morpholine rings is 1. The summed E-state index contributed by atoms with van der Waals surface area (Å²) >= 11 is 0. The molecule has 2 aliphatic rings. The molecular weight excluding hydrogens is 278 g/mol. The molecule has 2 aliphatic heterocycles. The molecule has 0 radical (unpaired) electrons. The van der Waals surface area contributed by atoms with Crippen molar-refractivity contribution in [2.45, 2.75) is 44.9 Å². The maximum Gasteiger partial charge on any atom is 0.163 e. The molecule has 3 atom stereocenters. The number of ether oxygens (including phenoxy) is 1. The van der Waals surface area contributed by atoms with Gasteiger partial charge >= 0.3 is 0 Å². The predicted octanol–water partition coefficient (Wildman–Crippen LogP) is 1.43. The minimum atomic E-state index is 0.299. The van der Waals surface area contributed by atoms with Crippen LogP contribution >= 0.6 is 0 Å². The number of anilines is 1. The molecule has 6 heteroatoms. The molecule has 0 saturated carbocycles. The van der Waals surface area contributed by atoms with Crippen LogP contribution in [0.4, 0.5) is 5.82 Å². The van der Waals surface area contributed by atoms with E-state index in [1.54, 1.807) is 6.07 Å². The molecule has 3 rings (SSSR count). The maximum atomic E-state index is 8.83. The SMILES string of the molecule is CC1CN(CC2CCCN2c2ccc(C#N)nn2)CC(C)O1. The molecule has 0 N–H and O–H groups in total. The van der Waals surface area contributed by atoms with E-state index in [0.717, 1.165) is 32.0 Å². The van der Waals surface area contributed by atoms with E-state index in [0.29, 0.717) is 23.9 Å². The van der Waals surface area contributed by atoms with Gasteiger partial charge in [-0.2, -0.15) is 5.26 Å². The average molecular weight is 301 g/mol. The smallest absolute Gasteiger partial charge is 0.163 e. The van der Waals surface area contributed by atoms with Gasteiger partial charge in [0.1, 0.15) is 6.07 Å². The standard InChI is InChI=1S/C16H23N5O/c1-12-9-20(10-13(2)22-12)11-15-4-3-7-21(15)16-6-5-14(8-17)18-19-16/h5-6,12-13,15H,3-4,7,9-11H2,1-2H3. The van der Waals surface area contributed by atoms with Gasteiger partial charge in [-0.3, -0.25) is 4.90 Å². The molecule has 6 nitrogen and oxygen atoms in total. The van der Waals surface area contributed by atoms with Gasteiger partial charge in [-0.25, -0.2) is 0 Å². The Kier molecular flexibility index (Phi) is 4.55. The number of nitrogens with zero attached hydrogens (tertiary/aromatic N) is 5. The first-order valence-corrected chi connectivity index (χ1v) is 8.04. The van der Waals surface area contributed by atoms with Crippen LogP contribution in [0.5, 0.6) is 0 Å². The van der Waals surface area contributed by atoms with Gasteiger partial charge in [-0.15, -0.1) is 10.2 Å². The molecule has 118 valence electrons. The third-order valence-electron chi connectivity index (χ3n) is 4.40. The van der Waals surface area contributed by atoms with Crippen molar-refractivity contribution >= 4 is 5.82 Å². The second-order valence-corrected chi connectivity index (χ2v) is 6.35. The number of nitriles is 1. The van der Waals surface area contributed by atoms with Crippen LogP contribution in [0, 0.1) is 11.3 Å². The molecule has 0 spiro atoms. The van der Waals surface area contributed by atoms with Gasteiger partial charge in [-0.1, -0.05) is 0 Å². The second kappa shape index (κ2) is 6.59. The Labute approximate surface area is 131 Å². The van der Waals surface area contributed by atoms with E-state index in [1.165, 1.54) is 12.8 Å². The van der Waals surface area contributed by atoms with Crippen LogP contribution in [0.1, 0.15) is 32.4 Å². The fraction of sp³-hybridized carbons (Fsp3) is 0.688. The van der Waals surface area contributed by atoms with Crippen molar-refractivity contribution in [3.8, 4) is 6.07 Å². The van der Waals surface area contributed by atoms with Crippen molar-refractivity contribution in [1.82, 2.24) is 15.1 Å². The van der Waals surface area contributed by atoms with E-state index in [1.807, 2.05) is 12.1 Å². The normalized spacial score (nSPS) is 29.5. The highest BCUT2D eigenvalue weighted by atomic mass is 16.5. The van der Waals surface area contributed by atoms with Gasteiger partial charge < -0.3 is 9.64 Å². The van der Waals surface area contributed by atoms with Crippen LogP contribution in [0.15, 0.2) is 12.1 Å². The van der Waals surface area contributed by atoms with Gasteiger partial charge in [0, 0.05) is 32.2 Å². The number of aromatic nitrogens is 2. The van der Waals surface area contributed by atoms with Crippen molar-refractivity contribution in [2.75, 3.05) is 31.1 Å². The van der Waals surface area contributed by atoms with Crippen molar-refractivity contribution in [1.29, 1.82) is 5.26 Å². The zero-order chi connectivity index (χ0) is 15.5. The minimum absolute atomic E-state index is 0.299. The van der Waals surface area contributed by atoms with Crippen molar-refractivity contribution < 1.29 is 4.74 Å². The molecule has 1 aromatic heterocycles. The molecule has 1 aromatic rings. The third kappa shape index (κ3) is 3.37. The summed E-state index contributed by atoms with van der Waals surface area (Å²) in [6, 6.07) is 6.15. The highest BCUT2D eigenvalue weighted by Gasteiger charge is 2.30. The topological polar surface area (TPSA) is 65.3 Å². The van der Waals surface area contributed by atoms with Crippen molar-refractivity contribution in [3.63, 3.8) is 0 Å². The lowest BCUT2D eigenvalue weighted by Gasteiger charge is -2.38. The van der Waals surface area contributed by atoms with Crippen LogP contribution < -0.4 is 4.90 Å². The van der Waals surface area contributed by atoms with E-state index in [2.05, 4.69) is 33.8 Å². The Morgan fingerprint density at radius 3 is 2.68 bits per heavy atom. The second-order valence-electron chi connectivity index (χ2n) is 6.35. The van der Waals surface area contributed by atoms with Gasteiger partial charge in [-0.05, 0) is 38.8 Å². The van der Waals surface area contributed by atoms with E-state index >= 15 is 0 Å². The van der Waals surface area contributed by atoms with E-state index in [-0.39, 0.29) is 0 Å². The van der Waals surface area contributed by atoms with Crippen LogP contribution in [0.25, 0.3) is 0 Å². The summed E-state index contributed by atoms with van der Waals surface area (Å²) in [5.41, 5.74) is 0.371. The van der Waals surface area contributed by atoms with E-state index < -0.39 is 0 Å². The van der Waals surface area contributed by atoms with Gasteiger partial charge in [0.2, 0.25) is 0 Å². The highest BCUT2D eigenvalue weighted by molar-refractivity contribution is 5.41. The van der Waals surface area contributed by atoms with Crippen LogP contribution in [-0.2, 0) is 4.74 Å². The lowest BCUT2D eigenvalue weighted by Crippen LogP contribution is -2.50. The molecule has 0 aromatic carbocycles. The molecule has 3 heterocycles. The average Bonchev–Trinajstić information content (AvgIpc) is 2.94. The molecule has 3 unspecified atom stereocenters. The molecule has 0 bridgehead atoms. The Morgan fingerprint density at radius 2 is 2.05 bits per heavy atom. The third-order valence-corrected chi connectivity index (χ3v) is 4.40. The Bertz CT molecular complexity index is 530. The van der Waals surface area contributed by atoms with Crippen molar-refractivity contribution in [2.24, 2.45) is 0 Å². The first kappa shape index (κ1) is 15.2. The molecule has 22 heavy (non-hydrogen) atoms. The Balaban J connectivity index is 1.66. The fourth-order valence-electron chi connectivity index (χ4n) is 3.60. The van der Waals surface area contributed by atoms with Crippen LogP contribution in [0.2, 0.25) is 0 Å². The van der Waals surface area contributed by atoms with Crippen molar-refractivity contribution in [3.05, 3.63) is 17.8 Å². The number of rotatable bonds is 3. The van der Waals surface area contributed by atoms with Gasteiger partial charge in [0.25, 0.3) is 0 Å². The summed E-state index contributed by atoms with van der Waals surface area (Å²) in [5.74, 6) is 0.885. The van der Waals surface area contributed by atoms with Crippen LogP contribution in [0.3, 0.4) is 0 Å². The molecule has 2 fully saturated rings. The number of hydrogen-bond acceptors (Lipinski definition) is 6. The Hall–Kier alpha value is -1.71. The lowest BCUT2D eigenvalue weighted by atomic mass is 10.1. The summed E-state index contributed by atoms with van der Waals surface area (Å²) < 4.78 is 5.81. The summed E-state index contributed by atoms with van der Waals surface area (Å²) in [4.78, 5) is 4.83. The summed E-state index contributed by atoms with van der Waals surface area (Å²) in [6.07, 6.45) is 2.96. The van der Waals surface area contributed by atoms with E-state index in [4.69, 9.17) is 10.00 Å². The lowest BCUT2D eigenvalue weighted by molar-refractivity contribution is -0.0689. The fourth-order valence-corrected chi connectivity index (χ4v) is 3.60. The van der Waals surface area contributed by atoms with Gasteiger partial charge in [0.05, 0.1) is 12.2 Å². The first-order chi connectivity index (χ1) is 10.7. The zero-order valence-corrected chi connectivity index (χ0v) is 13.3. The largest absolute Gasteiger partial charge is 0.373 e. The molecular formula is C16H23N5O. The molecule has 2 saturated heterocycles. The maximum absolute atomic E-state index is 8.83. The van der Waals surface area contributed by atoms with E-state index in [9.17, 15) is 0 Å². The summed E-state index contributed by atoms with van der Waals surface area (Å²) in [7, 11) is 0. The monoisotopic (exact) mass is 301 g/mol. The molecule has 0 amide bonds. The van der Waals surface area contributed by atoms with Crippen LogP contribution in [-0.4, -0.2) is 59.5 Å². The first-order valence-electron chi connectivity index (χ1n) is 8.04. The Morgan fingerprint density at radius 1 is 1.27 bits per heavy atom. The highest BCUT2D eigenvalue weighted by Crippen LogP contribution is 2.25. The summed E-state index contributed by atoms with van der Waals surface area (Å²) in [6.45, 7) is 8.32. The predicted molar refractivity (Wildman–Crippen MR) is 83.6 cm³/mol. The zero-order valence-electron chi connectivity index (χ0n) is 13.3. The minimum Gasteiger partial charge on any atom is -0.373 e.